The van der Waals surface area contributed by atoms with E-state index in [2.05, 4.69) is 5.32 Å². The summed E-state index contributed by atoms with van der Waals surface area (Å²) in [5.74, 6) is -0.472. The zero-order valence-electron chi connectivity index (χ0n) is 9.60. The number of hydrogen-bond acceptors (Lipinski definition) is 4. The predicted molar refractivity (Wildman–Crippen MR) is 65.9 cm³/mol. The predicted octanol–water partition coefficient (Wildman–Crippen LogP) is 2.28. The quantitative estimate of drug-likeness (QED) is 0.888. The fourth-order valence-corrected chi connectivity index (χ4v) is 2.15. The lowest BCUT2D eigenvalue weighted by atomic mass is 10.2. The van der Waals surface area contributed by atoms with Crippen molar-refractivity contribution in [3.05, 3.63) is 45.5 Å². The van der Waals surface area contributed by atoms with Crippen molar-refractivity contribution in [2.75, 3.05) is 0 Å². The largest absolute Gasteiger partial charge is 0.478 e. The first kappa shape index (κ1) is 12.4. The highest BCUT2D eigenvalue weighted by molar-refractivity contribution is 7.12. The number of aryl methyl sites for hydroxylation is 1. The molecule has 0 bridgehead atoms. The van der Waals surface area contributed by atoms with E-state index in [4.69, 9.17) is 9.52 Å². The van der Waals surface area contributed by atoms with Gasteiger partial charge in [-0.05, 0) is 24.4 Å². The third-order valence-corrected chi connectivity index (χ3v) is 3.24. The summed E-state index contributed by atoms with van der Waals surface area (Å²) >= 11 is 1.34. The molecule has 0 aliphatic heterocycles. The Morgan fingerprint density at radius 2 is 2.28 bits per heavy atom. The van der Waals surface area contributed by atoms with Gasteiger partial charge in [0.25, 0.3) is 5.91 Å². The Morgan fingerprint density at radius 1 is 1.50 bits per heavy atom. The molecule has 18 heavy (non-hydrogen) atoms. The van der Waals surface area contributed by atoms with Crippen molar-refractivity contribution < 1.29 is 19.1 Å². The lowest BCUT2D eigenvalue weighted by Crippen LogP contribution is -2.21. The van der Waals surface area contributed by atoms with Gasteiger partial charge in [-0.2, -0.15) is 0 Å². The number of carbonyl (C=O) groups is 2. The smallest absolute Gasteiger partial charge is 0.339 e. The van der Waals surface area contributed by atoms with Crippen LogP contribution in [0.2, 0.25) is 0 Å². The highest BCUT2D eigenvalue weighted by Gasteiger charge is 2.14. The zero-order chi connectivity index (χ0) is 13.1. The summed E-state index contributed by atoms with van der Waals surface area (Å²) < 4.78 is 5.25. The van der Waals surface area contributed by atoms with Crippen LogP contribution in [0.15, 0.2) is 28.0 Å². The van der Waals surface area contributed by atoms with E-state index in [0.717, 1.165) is 0 Å². The van der Waals surface area contributed by atoms with Gasteiger partial charge in [0.15, 0.2) is 0 Å². The molecule has 0 aromatic carbocycles. The maximum absolute atomic E-state index is 11.6. The molecule has 0 aliphatic rings. The molecular formula is C12H11NO4S. The van der Waals surface area contributed by atoms with Gasteiger partial charge < -0.3 is 14.8 Å². The highest BCUT2D eigenvalue weighted by Crippen LogP contribution is 2.15. The van der Waals surface area contributed by atoms with Gasteiger partial charge in [0.1, 0.15) is 17.1 Å². The molecule has 0 spiro atoms. The van der Waals surface area contributed by atoms with E-state index >= 15 is 0 Å². The number of rotatable bonds is 4. The van der Waals surface area contributed by atoms with Gasteiger partial charge in [-0.3, -0.25) is 4.79 Å². The first-order chi connectivity index (χ1) is 8.58. The summed E-state index contributed by atoms with van der Waals surface area (Å²) in [5, 5.41) is 13.3. The van der Waals surface area contributed by atoms with Crippen molar-refractivity contribution in [1.29, 1.82) is 0 Å². The molecule has 6 heteroatoms. The Hall–Kier alpha value is -2.08. The van der Waals surface area contributed by atoms with Crippen LogP contribution in [-0.2, 0) is 6.54 Å². The molecule has 0 fully saturated rings. The van der Waals surface area contributed by atoms with Crippen LogP contribution in [0.25, 0.3) is 0 Å². The molecule has 0 aliphatic carbocycles. The second-order valence-electron chi connectivity index (χ2n) is 3.65. The fourth-order valence-electron chi connectivity index (χ4n) is 1.51. The molecule has 0 saturated heterocycles. The van der Waals surface area contributed by atoms with Crippen LogP contribution >= 0.6 is 11.3 Å². The Bertz CT molecular complexity index is 571. The number of carboxylic acid groups (broad SMARTS) is 1. The first-order valence-corrected chi connectivity index (χ1v) is 6.10. The van der Waals surface area contributed by atoms with Gasteiger partial charge >= 0.3 is 5.97 Å². The van der Waals surface area contributed by atoms with Gasteiger partial charge in [0.05, 0.1) is 11.4 Å². The molecule has 2 rings (SSSR count). The number of carbonyl (C=O) groups excluding carboxylic acids is 1. The molecule has 0 atom stereocenters. The van der Waals surface area contributed by atoms with Gasteiger partial charge in [-0.15, -0.1) is 11.3 Å². The standard InChI is InChI=1S/C12H11NO4S/c1-7-9(12(15)16)5-8(17-7)6-13-11(14)10-3-2-4-18-10/h2-5H,6H2,1H3,(H,13,14)(H,15,16). The number of furan rings is 1. The zero-order valence-corrected chi connectivity index (χ0v) is 10.4. The topological polar surface area (TPSA) is 79.5 Å². The lowest BCUT2D eigenvalue weighted by molar-refractivity contribution is 0.0694. The average Bonchev–Trinajstić information content (AvgIpc) is 2.94. The van der Waals surface area contributed by atoms with E-state index in [-0.39, 0.29) is 18.0 Å². The van der Waals surface area contributed by atoms with E-state index in [1.165, 1.54) is 17.4 Å². The summed E-state index contributed by atoms with van der Waals surface area (Å²) in [4.78, 5) is 23.1. The summed E-state index contributed by atoms with van der Waals surface area (Å²) in [6.07, 6.45) is 0. The second-order valence-corrected chi connectivity index (χ2v) is 4.60. The second kappa shape index (κ2) is 5.05. The Labute approximate surface area is 107 Å². The van der Waals surface area contributed by atoms with Crippen LogP contribution in [-0.4, -0.2) is 17.0 Å². The third kappa shape index (κ3) is 2.60. The number of thiophene rings is 1. The minimum atomic E-state index is -1.04. The number of nitrogens with one attached hydrogen (secondary N) is 1. The molecule has 0 saturated carbocycles. The summed E-state index contributed by atoms with van der Waals surface area (Å²) in [5.41, 5.74) is 0.121. The van der Waals surface area contributed by atoms with Gasteiger partial charge in [0.2, 0.25) is 0 Å². The number of amides is 1. The fraction of sp³-hybridized carbons (Fsp3) is 0.167. The number of aromatic carboxylic acids is 1. The van der Waals surface area contributed by atoms with Crippen LogP contribution in [0.1, 0.15) is 31.6 Å². The molecule has 2 heterocycles. The first-order valence-electron chi connectivity index (χ1n) is 5.22. The molecule has 94 valence electrons. The average molecular weight is 265 g/mol. The maximum Gasteiger partial charge on any atom is 0.339 e. The molecule has 2 aromatic heterocycles. The van der Waals surface area contributed by atoms with Gasteiger partial charge in [-0.25, -0.2) is 4.79 Å². The van der Waals surface area contributed by atoms with Gasteiger partial charge in [-0.1, -0.05) is 6.07 Å². The van der Waals surface area contributed by atoms with Crippen molar-refractivity contribution in [3.63, 3.8) is 0 Å². The van der Waals surface area contributed by atoms with Crippen LogP contribution in [0.4, 0.5) is 0 Å². The Morgan fingerprint density at radius 3 is 2.83 bits per heavy atom. The normalized spacial score (nSPS) is 10.3. The highest BCUT2D eigenvalue weighted by atomic mass is 32.1. The minimum Gasteiger partial charge on any atom is -0.478 e. The molecule has 2 aromatic rings. The maximum atomic E-state index is 11.6. The van der Waals surface area contributed by atoms with E-state index in [9.17, 15) is 9.59 Å². The van der Waals surface area contributed by atoms with Crippen molar-refractivity contribution in [3.8, 4) is 0 Å². The monoisotopic (exact) mass is 265 g/mol. The summed E-state index contributed by atoms with van der Waals surface area (Å²) in [6, 6.07) is 4.93. The third-order valence-electron chi connectivity index (χ3n) is 2.37. The van der Waals surface area contributed by atoms with Crippen LogP contribution in [0, 0.1) is 6.92 Å². The van der Waals surface area contributed by atoms with E-state index in [1.807, 2.05) is 5.38 Å². The molecule has 2 N–H and O–H groups in total. The van der Waals surface area contributed by atoms with Gasteiger partial charge in [0, 0.05) is 0 Å². The summed E-state index contributed by atoms with van der Waals surface area (Å²) in [6.45, 7) is 1.75. The van der Waals surface area contributed by atoms with Crippen molar-refractivity contribution in [2.45, 2.75) is 13.5 Å². The molecule has 0 radical (unpaired) electrons. The van der Waals surface area contributed by atoms with E-state index in [0.29, 0.717) is 16.4 Å². The lowest BCUT2D eigenvalue weighted by Gasteiger charge is -2.00. The molecule has 1 amide bonds. The molecule has 0 unspecified atom stereocenters. The van der Waals surface area contributed by atoms with Crippen molar-refractivity contribution >= 4 is 23.2 Å². The number of hydrogen-bond donors (Lipinski definition) is 2. The van der Waals surface area contributed by atoms with Crippen molar-refractivity contribution in [2.24, 2.45) is 0 Å². The Kier molecular flexibility index (Phi) is 3.47. The molecule has 5 nitrogen and oxygen atoms in total. The van der Waals surface area contributed by atoms with E-state index < -0.39 is 5.97 Å². The van der Waals surface area contributed by atoms with Crippen LogP contribution in [0.5, 0.6) is 0 Å². The summed E-state index contributed by atoms with van der Waals surface area (Å²) in [7, 11) is 0. The SMILES string of the molecule is Cc1oc(CNC(=O)c2cccs2)cc1C(=O)O. The Balaban J connectivity index is 2.01. The number of carboxylic acids is 1. The van der Waals surface area contributed by atoms with Crippen molar-refractivity contribution in [1.82, 2.24) is 5.32 Å². The minimum absolute atomic E-state index is 0.121. The molecular weight excluding hydrogens is 254 g/mol. The van der Waals surface area contributed by atoms with E-state index in [1.54, 1.807) is 19.1 Å². The van der Waals surface area contributed by atoms with Crippen LogP contribution < -0.4 is 5.32 Å². The van der Waals surface area contributed by atoms with Crippen LogP contribution in [0.3, 0.4) is 0 Å².